The predicted octanol–water partition coefficient (Wildman–Crippen LogP) is 6.43. The summed E-state index contributed by atoms with van der Waals surface area (Å²) in [6.45, 7) is 0. The largest absolute Gasteiger partial charge is 0.417 e. The van der Waals surface area contributed by atoms with Crippen molar-refractivity contribution in [2.24, 2.45) is 5.92 Å². The summed E-state index contributed by atoms with van der Waals surface area (Å²) < 4.78 is 38.7. The maximum atomic E-state index is 13.4. The SMILES string of the molecule is O=C(NC1CC1)c1cc(NC(=O)[C@H]2[C@H](c3cc(Cl)cc(Cl)c3)C2(Cl)Cl)ccc1C(F)(F)F. The Labute approximate surface area is 201 Å². The van der Waals surface area contributed by atoms with Gasteiger partial charge < -0.3 is 10.6 Å². The molecule has 0 aromatic heterocycles. The highest BCUT2D eigenvalue weighted by atomic mass is 35.5. The molecule has 0 spiro atoms. The Balaban J connectivity index is 1.57. The summed E-state index contributed by atoms with van der Waals surface area (Å²) >= 11 is 24.6. The molecule has 0 radical (unpaired) electrons. The van der Waals surface area contributed by atoms with Gasteiger partial charge in [0.05, 0.1) is 17.0 Å². The minimum Gasteiger partial charge on any atom is -0.349 e. The molecule has 2 saturated carbocycles. The molecular weight excluding hydrogens is 511 g/mol. The quantitative estimate of drug-likeness (QED) is 0.442. The highest BCUT2D eigenvalue weighted by Crippen LogP contribution is 2.65. The Hall–Kier alpha value is -1.67. The number of nitrogens with one attached hydrogen (secondary N) is 2. The van der Waals surface area contributed by atoms with E-state index in [0.717, 1.165) is 18.2 Å². The zero-order valence-corrected chi connectivity index (χ0v) is 19.1. The number of halogens is 7. The van der Waals surface area contributed by atoms with E-state index in [1.165, 1.54) is 6.07 Å². The molecule has 4 nitrogen and oxygen atoms in total. The highest BCUT2D eigenvalue weighted by Gasteiger charge is 2.67. The molecule has 2 N–H and O–H groups in total. The summed E-state index contributed by atoms with van der Waals surface area (Å²) in [5, 5.41) is 5.73. The van der Waals surface area contributed by atoms with Gasteiger partial charge in [-0.1, -0.05) is 23.2 Å². The molecule has 0 aliphatic heterocycles. The van der Waals surface area contributed by atoms with Crippen molar-refractivity contribution < 1.29 is 22.8 Å². The van der Waals surface area contributed by atoms with Crippen LogP contribution in [-0.4, -0.2) is 22.2 Å². The van der Waals surface area contributed by atoms with Crippen molar-refractivity contribution in [2.75, 3.05) is 5.32 Å². The van der Waals surface area contributed by atoms with Gasteiger partial charge >= 0.3 is 6.18 Å². The van der Waals surface area contributed by atoms with E-state index in [1.54, 1.807) is 12.1 Å². The lowest BCUT2D eigenvalue weighted by Gasteiger charge is -2.15. The highest BCUT2D eigenvalue weighted by molar-refractivity contribution is 6.53. The Morgan fingerprint density at radius 2 is 1.62 bits per heavy atom. The van der Waals surface area contributed by atoms with Gasteiger partial charge in [-0.25, -0.2) is 0 Å². The van der Waals surface area contributed by atoms with Gasteiger partial charge in [-0.2, -0.15) is 13.2 Å². The molecule has 2 aliphatic rings. The van der Waals surface area contributed by atoms with Crippen LogP contribution in [0, 0.1) is 5.92 Å². The van der Waals surface area contributed by atoms with E-state index >= 15 is 0 Å². The van der Waals surface area contributed by atoms with Gasteiger partial charge in [-0.05, 0) is 54.8 Å². The second-order valence-electron chi connectivity index (χ2n) is 7.83. The van der Waals surface area contributed by atoms with Crippen LogP contribution < -0.4 is 10.6 Å². The second-order valence-corrected chi connectivity index (χ2v) is 10.1. The van der Waals surface area contributed by atoms with Crippen LogP contribution in [0.2, 0.25) is 10.0 Å². The van der Waals surface area contributed by atoms with Crippen molar-refractivity contribution in [3.05, 3.63) is 63.1 Å². The van der Waals surface area contributed by atoms with Gasteiger partial charge in [0.2, 0.25) is 5.91 Å². The van der Waals surface area contributed by atoms with Gasteiger partial charge in [0.1, 0.15) is 4.33 Å². The molecule has 32 heavy (non-hydrogen) atoms. The summed E-state index contributed by atoms with van der Waals surface area (Å²) in [6.07, 6.45) is -3.30. The topological polar surface area (TPSA) is 58.2 Å². The van der Waals surface area contributed by atoms with Crippen LogP contribution in [0.1, 0.15) is 40.2 Å². The molecule has 0 heterocycles. The van der Waals surface area contributed by atoms with Crippen LogP contribution in [-0.2, 0) is 11.0 Å². The normalized spacial score (nSPS) is 21.7. The Bertz CT molecular complexity index is 1080. The Kier molecular flexibility index (Phi) is 6.07. The van der Waals surface area contributed by atoms with Crippen molar-refractivity contribution >= 4 is 63.9 Å². The number of hydrogen-bond acceptors (Lipinski definition) is 2. The summed E-state index contributed by atoms with van der Waals surface area (Å²) in [7, 11) is 0. The fraction of sp³-hybridized carbons (Fsp3) is 0.333. The van der Waals surface area contributed by atoms with Crippen LogP contribution in [0.4, 0.5) is 18.9 Å². The molecule has 2 aromatic rings. The number of amides is 2. The number of carbonyl (C=O) groups excluding carboxylic acids is 2. The van der Waals surface area contributed by atoms with Gasteiger partial charge in [0, 0.05) is 27.7 Å². The van der Waals surface area contributed by atoms with Crippen LogP contribution >= 0.6 is 46.4 Å². The van der Waals surface area contributed by atoms with Gasteiger partial charge in [0.25, 0.3) is 5.91 Å². The number of hydrogen-bond donors (Lipinski definition) is 2. The van der Waals surface area contributed by atoms with Crippen molar-refractivity contribution in [3.63, 3.8) is 0 Å². The van der Waals surface area contributed by atoms with Gasteiger partial charge in [-0.3, -0.25) is 9.59 Å². The fourth-order valence-electron chi connectivity index (χ4n) is 3.59. The van der Waals surface area contributed by atoms with E-state index < -0.39 is 45.3 Å². The number of benzene rings is 2. The zero-order chi connectivity index (χ0) is 23.4. The lowest BCUT2D eigenvalue weighted by atomic mass is 10.0. The lowest BCUT2D eigenvalue weighted by molar-refractivity contribution is -0.137. The summed E-state index contributed by atoms with van der Waals surface area (Å²) in [5.74, 6) is -2.97. The Morgan fingerprint density at radius 1 is 1.00 bits per heavy atom. The summed E-state index contributed by atoms with van der Waals surface area (Å²) in [4.78, 5) is 25.2. The van der Waals surface area contributed by atoms with Crippen molar-refractivity contribution in [3.8, 4) is 0 Å². The predicted molar refractivity (Wildman–Crippen MR) is 118 cm³/mol. The maximum Gasteiger partial charge on any atom is 0.417 e. The average Bonchev–Trinajstić information content (AvgIpc) is 3.56. The van der Waals surface area contributed by atoms with Crippen molar-refractivity contribution in [1.82, 2.24) is 5.32 Å². The summed E-state index contributed by atoms with van der Waals surface area (Å²) in [5.41, 5.74) is -1.08. The Morgan fingerprint density at radius 3 is 2.19 bits per heavy atom. The van der Waals surface area contributed by atoms with E-state index in [-0.39, 0.29) is 11.7 Å². The van der Waals surface area contributed by atoms with Gasteiger partial charge in [-0.15, -0.1) is 23.2 Å². The average molecular weight is 526 g/mol. The number of carbonyl (C=O) groups is 2. The monoisotopic (exact) mass is 524 g/mol. The van der Waals surface area contributed by atoms with E-state index in [4.69, 9.17) is 46.4 Å². The first-order valence-electron chi connectivity index (χ1n) is 9.54. The third kappa shape index (κ3) is 4.81. The molecule has 0 bridgehead atoms. The minimum atomic E-state index is -4.73. The first-order valence-corrected chi connectivity index (χ1v) is 11.1. The number of alkyl halides is 5. The smallest absolute Gasteiger partial charge is 0.349 e. The standard InChI is InChI=1S/C21H15Cl4F3N2O2/c22-10-5-9(6-11(23)7-10)16-17(20(16,24)25)19(32)30-13-3-4-15(21(26,27)28)14(8-13)18(31)29-12-1-2-12/h3-8,12,16-17H,1-2H2,(H,29,31)(H,30,32)/t16-,17+/m0/s1. The molecule has 170 valence electrons. The molecule has 2 amide bonds. The van der Waals surface area contributed by atoms with Crippen LogP contribution in [0.25, 0.3) is 0 Å². The lowest BCUT2D eigenvalue weighted by Crippen LogP contribution is -2.28. The van der Waals surface area contributed by atoms with E-state index in [2.05, 4.69) is 10.6 Å². The van der Waals surface area contributed by atoms with E-state index in [9.17, 15) is 22.8 Å². The molecule has 0 saturated heterocycles. The third-order valence-electron chi connectivity index (χ3n) is 5.33. The van der Waals surface area contributed by atoms with E-state index in [0.29, 0.717) is 28.5 Å². The van der Waals surface area contributed by atoms with Crippen LogP contribution in [0.3, 0.4) is 0 Å². The zero-order valence-electron chi connectivity index (χ0n) is 16.1. The van der Waals surface area contributed by atoms with Crippen LogP contribution in [0.5, 0.6) is 0 Å². The van der Waals surface area contributed by atoms with E-state index in [1.807, 2.05) is 0 Å². The molecule has 2 fully saturated rings. The first-order chi connectivity index (χ1) is 14.9. The molecule has 2 atom stereocenters. The molecule has 11 heteroatoms. The molecule has 0 unspecified atom stereocenters. The minimum absolute atomic E-state index is 0.0165. The molecule has 2 aromatic carbocycles. The van der Waals surface area contributed by atoms with Gasteiger partial charge in [0.15, 0.2) is 0 Å². The second kappa shape index (κ2) is 8.28. The van der Waals surface area contributed by atoms with Crippen LogP contribution in [0.15, 0.2) is 36.4 Å². The molecule has 2 aliphatic carbocycles. The molecular formula is C21H15Cl4F3N2O2. The number of anilines is 1. The number of rotatable bonds is 5. The van der Waals surface area contributed by atoms with Crippen molar-refractivity contribution in [2.45, 2.75) is 35.3 Å². The van der Waals surface area contributed by atoms with Crippen molar-refractivity contribution in [1.29, 1.82) is 0 Å². The third-order valence-corrected chi connectivity index (χ3v) is 6.71. The fourth-order valence-corrected chi connectivity index (χ4v) is 4.96. The summed E-state index contributed by atoms with van der Waals surface area (Å²) in [6, 6.07) is 7.39. The molecule has 4 rings (SSSR count). The first kappa shape index (κ1) is 23.5. The maximum absolute atomic E-state index is 13.4.